The first-order valence-electron chi connectivity index (χ1n) is 2.14. The van der Waals surface area contributed by atoms with Crippen molar-refractivity contribution in [3.05, 3.63) is 0 Å². The molecule has 0 rings (SSSR count). The van der Waals surface area contributed by atoms with E-state index in [9.17, 15) is 0 Å². The Kier molecular flexibility index (Phi) is 11.8. The van der Waals surface area contributed by atoms with Crippen molar-refractivity contribution in [3.63, 3.8) is 0 Å². The van der Waals surface area contributed by atoms with E-state index in [0.717, 1.165) is 0 Å². The monoisotopic (exact) mass is 227 g/mol. The highest BCUT2D eigenvalue weighted by atomic mass is 31.2. The van der Waals surface area contributed by atoms with Crippen molar-refractivity contribution in [1.82, 2.24) is 0 Å². The SMILES string of the molecule is CN.O=P(O)(O)O.O=P(O)(O)O. The molecule has 0 atom stereocenters. The molecule has 0 unspecified atom stereocenters. The third-order valence-electron chi connectivity index (χ3n) is 0. The van der Waals surface area contributed by atoms with E-state index in [0.29, 0.717) is 0 Å². The highest BCUT2D eigenvalue weighted by Gasteiger charge is 2.00. The van der Waals surface area contributed by atoms with E-state index in [4.69, 9.17) is 38.5 Å². The van der Waals surface area contributed by atoms with E-state index < -0.39 is 15.6 Å². The Hall–Kier alpha value is 0.180. The molecule has 8 N–H and O–H groups in total. The molecule has 0 heterocycles. The minimum atomic E-state index is -4.64. The first kappa shape index (κ1) is 18.1. The van der Waals surface area contributed by atoms with Gasteiger partial charge in [0.1, 0.15) is 0 Å². The highest BCUT2D eigenvalue weighted by Crippen LogP contribution is 2.26. The van der Waals surface area contributed by atoms with Crippen molar-refractivity contribution in [2.75, 3.05) is 7.05 Å². The zero-order valence-electron chi connectivity index (χ0n) is 5.97. The summed E-state index contributed by atoms with van der Waals surface area (Å²) in [6.45, 7) is 0. The summed E-state index contributed by atoms with van der Waals surface area (Å²) in [5, 5.41) is 0. The average molecular weight is 227 g/mol. The molecule has 0 fully saturated rings. The second-order valence-corrected chi connectivity index (χ2v) is 3.08. The van der Waals surface area contributed by atoms with Gasteiger partial charge in [-0.1, -0.05) is 0 Å². The van der Waals surface area contributed by atoms with Crippen molar-refractivity contribution in [2.24, 2.45) is 5.73 Å². The van der Waals surface area contributed by atoms with Crippen LogP contribution in [0.25, 0.3) is 0 Å². The first-order valence-corrected chi connectivity index (χ1v) is 5.27. The molecule has 11 heteroatoms. The van der Waals surface area contributed by atoms with Crippen molar-refractivity contribution in [2.45, 2.75) is 0 Å². The van der Waals surface area contributed by atoms with Gasteiger partial charge in [0.2, 0.25) is 0 Å². The lowest BCUT2D eigenvalue weighted by atomic mass is 11.6. The summed E-state index contributed by atoms with van der Waals surface area (Å²) < 4.78 is 17.8. The van der Waals surface area contributed by atoms with Crippen molar-refractivity contribution < 1.29 is 38.5 Å². The van der Waals surface area contributed by atoms with Gasteiger partial charge in [-0.2, -0.15) is 0 Å². The fraction of sp³-hybridized carbons (Fsp3) is 1.00. The van der Waals surface area contributed by atoms with Crippen LogP contribution in [0, 0.1) is 0 Å². The summed E-state index contributed by atoms with van der Waals surface area (Å²) in [5.74, 6) is 0. The molecule has 9 nitrogen and oxygen atoms in total. The van der Waals surface area contributed by atoms with E-state index in [1.807, 2.05) is 0 Å². The van der Waals surface area contributed by atoms with Gasteiger partial charge in [0.25, 0.3) is 0 Å². The molecule has 0 spiro atoms. The molecule has 0 aromatic rings. The lowest BCUT2D eigenvalue weighted by Gasteiger charge is -1.82. The molecule has 0 aliphatic rings. The average Bonchev–Trinajstić information content (AvgIpc) is 1.59. The third-order valence-corrected chi connectivity index (χ3v) is 0. The number of hydrogen-bond acceptors (Lipinski definition) is 3. The highest BCUT2D eigenvalue weighted by molar-refractivity contribution is 7.45. The van der Waals surface area contributed by atoms with Crippen molar-refractivity contribution in [1.29, 1.82) is 0 Å². The van der Waals surface area contributed by atoms with Gasteiger partial charge in [0, 0.05) is 0 Å². The quantitative estimate of drug-likeness (QED) is 0.224. The minimum Gasteiger partial charge on any atom is -0.333 e. The molecule has 0 aromatic carbocycles. The fourth-order valence-corrected chi connectivity index (χ4v) is 0. The largest absolute Gasteiger partial charge is 0.466 e. The van der Waals surface area contributed by atoms with Crippen LogP contribution >= 0.6 is 15.6 Å². The number of rotatable bonds is 0. The standard InChI is InChI=1S/CH5N.2H3O4P/c1-2;2*1-5(2,3)4/h2H2,1H3;2*(H3,1,2,3,4). The van der Waals surface area contributed by atoms with E-state index in [1.54, 1.807) is 0 Å². The topological polar surface area (TPSA) is 182 Å². The lowest BCUT2D eigenvalue weighted by molar-refractivity contribution is 0.272. The molecule has 0 saturated heterocycles. The van der Waals surface area contributed by atoms with Crippen molar-refractivity contribution in [3.8, 4) is 0 Å². The van der Waals surface area contributed by atoms with Gasteiger partial charge in [0.05, 0.1) is 0 Å². The van der Waals surface area contributed by atoms with Crippen LogP contribution in [0.4, 0.5) is 0 Å². The third kappa shape index (κ3) is 26500. The van der Waals surface area contributed by atoms with Gasteiger partial charge in [-0.15, -0.1) is 0 Å². The predicted molar refractivity (Wildman–Crippen MR) is 38.6 cm³/mol. The summed E-state index contributed by atoms with van der Waals surface area (Å²) in [6.07, 6.45) is 0. The van der Waals surface area contributed by atoms with Gasteiger partial charge >= 0.3 is 15.6 Å². The van der Waals surface area contributed by atoms with Crippen LogP contribution in [-0.4, -0.2) is 36.4 Å². The molecule has 0 amide bonds. The summed E-state index contributed by atoms with van der Waals surface area (Å²) in [4.78, 5) is 43.1. The second-order valence-electron chi connectivity index (χ2n) is 1.03. The van der Waals surface area contributed by atoms with Gasteiger partial charge < -0.3 is 35.1 Å². The second kappa shape index (κ2) is 7.81. The van der Waals surface area contributed by atoms with Gasteiger partial charge in [-0.25, -0.2) is 9.13 Å². The maximum Gasteiger partial charge on any atom is 0.466 e. The molecular weight excluding hydrogens is 216 g/mol. The van der Waals surface area contributed by atoms with Gasteiger partial charge in [-0.3, -0.25) is 0 Å². The Morgan fingerprint density at radius 1 is 0.750 bits per heavy atom. The van der Waals surface area contributed by atoms with Gasteiger partial charge in [0.15, 0.2) is 0 Å². The predicted octanol–water partition coefficient (Wildman–Crippen LogP) is -2.28. The smallest absolute Gasteiger partial charge is 0.333 e. The van der Waals surface area contributed by atoms with Crippen LogP contribution in [0.2, 0.25) is 0 Å². The molecule has 0 saturated carbocycles. The van der Waals surface area contributed by atoms with Gasteiger partial charge in [-0.05, 0) is 7.05 Å². The van der Waals surface area contributed by atoms with Crippen LogP contribution in [0.3, 0.4) is 0 Å². The Morgan fingerprint density at radius 2 is 0.750 bits per heavy atom. The molecule has 12 heavy (non-hydrogen) atoms. The number of hydrogen-bond donors (Lipinski definition) is 7. The zero-order chi connectivity index (χ0) is 11.0. The van der Waals surface area contributed by atoms with Crippen LogP contribution in [0.5, 0.6) is 0 Å². The first-order chi connectivity index (χ1) is 5.00. The van der Waals surface area contributed by atoms with E-state index >= 15 is 0 Å². The maximum absolute atomic E-state index is 8.88. The van der Waals surface area contributed by atoms with Crippen LogP contribution in [0.1, 0.15) is 0 Å². The van der Waals surface area contributed by atoms with Crippen LogP contribution in [0.15, 0.2) is 0 Å². The fourth-order valence-electron chi connectivity index (χ4n) is 0. The maximum atomic E-state index is 8.88. The Balaban J connectivity index is -0.000000112. The molecule has 0 aromatic heterocycles. The van der Waals surface area contributed by atoms with E-state index in [1.165, 1.54) is 7.05 Å². The summed E-state index contributed by atoms with van der Waals surface area (Å²) in [5.41, 5.74) is 4.50. The minimum absolute atomic E-state index is 1.50. The Labute approximate surface area is 68.0 Å². The Morgan fingerprint density at radius 3 is 0.750 bits per heavy atom. The molecule has 0 aliphatic carbocycles. The van der Waals surface area contributed by atoms with E-state index in [2.05, 4.69) is 5.73 Å². The number of nitrogens with two attached hydrogens (primary N) is 1. The van der Waals surface area contributed by atoms with Crippen molar-refractivity contribution >= 4 is 15.6 Å². The normalized spacial score (nSPS) is 10.3. The van der Waals surface area contributed by atoms with Crippen LogP contribution in [-0.2, 0) is 9.13 Å². The number of phosphoric acid groups is 2. The molecule has 0 radical (unpaired) electrons. The summed E-state index contributed by atoms with van der Waals surface area (Å²) in [6, 6.07) is 0. The van der Waals surface area contributed by atoms with E-state index in [-0.39, 0.29) is 0 Å². The molecular formula is CH11NO8P2. The Bertz CT molecular complexity index is 129. The lowest BCUT2D eigenvalue weighted by Crippen LogP contribution is -1.69. The molecule has 0 aliphatic heterocycles. The van der Waals surface area contributed by atoms with Crippen LogP contribution < -0.4 is 5.73 Å². The molecule has 78 valence electrons. The summed E-state index contributed by atoms with van der Waals surface area (Å²) in [7, 11) is -7.78. The zero-order valence-corrected chi connectivity index (χ0v) is 7.76. The summed E-state index contributed by atoms with van der Waals surface area (Å²) >= 11 is 0. The molecule has 0 bridgehead atoms.